The van der Waals surface area contributed by atoms with Crippen LogP contribution < -0.4 is 0 Å². The Morgan fingerprint density at radius 2 is 1.53 bits per heavy atom. The topological polar surface area (TPSA) is 108 Å². The number of ketones is 1. The van der Waals surface area contributed by atoms with Crippen molar-refractivity contribution in [3.8, 4) is 0 Å². The van der Waals surface area contributed by atoms with Gasteiger partial charge in [0, 0.05) is 0 Å². The van der Waals surface area contributed by atoms with E-state index in [9.17, 15) is 19.5 Å². The van der Waals surface area contributed by atoms with E-state index in [0.717, 1.165) is 12.8 Å². The number of Topliss-reactive ketones (excluding diaryl/α,β-unsaturated/α-hetero) is 1. The molecule has 2 aliphatic rings. The Balaban J connectivity index is 1.49. The van der Waals surface area contributed by atoms with Crippen molar-refractivity contribution in [1.29, 1.82) is 0 Å². The smallest absolute Gasteiger partial charge is 0.343 e. The van der Waals surface area contributed by atoms with Crippen LogP contribution in [0.15, 0.2) is 72.5 Å². The molecule has 1 saturated carbocycles. The Morgan fingerprint density at radius 1 is 0.912 bits per heavy atom. The first-order valence-electron chi connectivity index (χ1n) is 11.3. The summed E-state index contributed by atoms with van der Waals surface area (Å²) < 4.78 is 22.2. The van der Waals surface area contributed by atoms with Crippen LogP contribution in [-0.2, 0) is 23.7 Å². The average Bonchev–Trinajstić information content (AvgIpc) is 2.87. The van der Waals surface area contributed by atoms with Gasteiger partial charge in [-0.1, -0.05) is 49.2 Å². The van der Waals surface area contributed by atoms with Gasteiger partial charge in [0.2, 0.25) is 6.29 Å². The first-order chi connectivity index (χ1) is 16.5. The number of aliphatic hydroxyl groups is 1. The van der Waals surface area contributed by atoms with E-state index in [4.69, 9.17) is 18.9 Å². The summed E-state index contributed by atoms with van der Waals surface area (Å²) in [7, 11) is 0. The van der Waals surface area contributed by atoms with Crippen molar-refractivity contribution >= 4 is 17.7 Å². The van der Waals surface area contributed by atoms with Gasteiger partial charge >= 0.3 is 11.9 Å². The summed E-state index contributed by atoms with van der Waals surface area (Å²) in [6, 6.07) is 16.7. The second kappa shape index (κ2) is 11.2. The van der Waals surface area contributed by atoms with E-state index in [-0.39, 0.29) is 17.9 Å². The fourth-order valence-electron chi connectivity index (χ4n) is 3.84. The molecular formula is C26H26O8. The highest BCUT2D eigenvalue weighted by Gasteiger charge is 2.38. The number of carbonyl (C=O) groups is 3. The molecule has 1 aliphatic heterocycles. The molecule has 178 valence electrons. The molecule has 1 fully saturated rings. The van der Waals surface area contributed by atoms with Gasteiger partial charge < -0.3 is 24.1 Å². The summed E-state index contributed by atoms with van der Waals surface area (Å²) in [4.78, 5) is 37.9. The number of hydrogen-bond donors (Lipinski definition) is 1. The lowest BCUT2D eigenvalue weighted by atomic mass is 9.95. The van der Waals surface area contributed by atoms with Gasteiger partial charge in [-0.3, -0.25) is 4.79 Å². The lowest BCUT2D eigenvalue weighted by molar-refractivity contribution is -0.215. The van der Waals surface area contributed by atoms with Gasteiger partial charge in [0.05, 0.1) is 23.3 Å². The average molecular weight is 466 g/mol. The predicted octanol–water partition coefficient (Wildman–Crippen LogP) is 3.20. The monoisotopic (exact) mass is 466 g/mol. The van der Waals surface area contributed by atoms with E-state index < -0.39 is 42.3 Å². The molecule has 2 aromatic rings. The van der Waals surface area contributed by atoms with E-state index in [1.807, 2.05) is 0 Å². The zero-order valence-electron chi connectivity index (χ0n) is 18.5. The summed E-state index contributed by atoms with van der Waals surface area (Å²) in [6.45, 7) is -0.222. The normalized spacial score (nSPS) is 24.7. The molecule has 0 radical (unpaired) electrons. The molecule has 8 nitrogen and oxygen atoms in total. The molecular weight excluding hydrogens is 440 g/mol. The Hall–Kier alpha value is -3.33. The van der Waals surface area contributed by atoms with E-state index in [2.05, 4.69) is 0 Å². The summed E-state index contributed by atoms with van der Waals surface area (Å²) >= 11 is 0. The van der Waals surface area contributed by atoms with Crippen molar-refractivity contribution in [3.05, 3.63) is 83.6 Å². The maximum atomic E-state index is 13.0. The highest BCUT2D eigenvalue weighted by molar-refractivity contribution is 6.01. The first-order valence-corrected chi connectivity index (χ1v) is 11.3. The second-order valence-corrected chi connectivity index (χ2v) is 8.15. The highest BCUT2D eigenvalue weighted by atomic mass is 16.7. The number of aliphatic hydroxyl groups excluding tert-OH is 1. The molecule has 0 aromatic heterocycles. The van der Waals surface area contributed by atoms with Crippen LogP contribution in [0.4, 0.5) is 0 Å². The molecule has 8 heteroatoms. The van der Waals surface area contributed by atoms with Gasteiger partial charge in [0.25, 0.3) is 5.78 Å². The van der Waals surface area contributed by atoms with Crippen LogP contribution in [0, 0.1) is 0 Å². The standard InChI is InChI=1S/C26H26O8/c27-20-13-7-8-14-21(20)34-26-23(28)22(33-25(30)18-11-5-2-6-12-18)15-19(32-26)16-31-24(29)17-9-3-1-4-10-17/h1-6,9-12,15,19-21,26-27H,7-8,13-14,16H2/t19-,20-,21-,26-/m0/s1. The third kappa shape index (κ3) is 5.96. The molecule has 0 bridgehead atoms. The van der Waals surface area contributed by atoms with Crippen LogP contribution in [0.5, 0.6) is 0 Å². The molecule has 2 aromatic carbocycles. The minimum Gasteiger partial charge on any atom is -0.459 e. The predicted molar refractivity (Wildman–Crippen MR) is 120 cm³/mol. The maximum Gasteiger partial charge on any atom is 0.343 e. The van der Waals surface area contributed by atoms with Crippen LogP contribution in [0.2, 0.25) is 0 Å². The van der Waals surface area contributed by atoms with Crippen LogP contribution in [0.3, 0.4) is 0 Å². The lowest BCUT2D eigenvalue weighted by Crippen LogP contribution is -2.45. The summed E-state index contributed by atoms with van der Waals surface area (Å²) in [5, 5.41) is 10.3. The number of ether oxygens (including phenoxy) is 4. The van der Waals surface area contributed by atoms with Gasteiger partial charge in [0.1, 0.15) is 12.7 Å². The van der Waals surface area contributed by atoms with Crippen molar-refractivity contribution < 1.29 is 38.4 Å². The second-order valence-electron chi connectivity index (χ2n) is 8.15. The zero-order chi connectivity index (χ0) is 23.9. The van der Waals surface area contributed by atoms with E-state index >= 15 is 0 Å². The first kappa shape index (κ1) is 23.8. The van der Waals surface area contributed by atoms with Crippen molar-refractivity contribution in [2.75, 3.05) is 6.61 Å². The van der Waals surface area contributed by atoms with Crippen LogP contribution >= 0.6 is 0 Å². The molecule has 0 unspecified atom stereocenters. The van der Waals surface area contributed by atoms with Gasteiger partial charge in [0.15, 0.2) is 5.76 Å². The number of benzene rings is 2. The Bertz CT molecular complexity index is 1030. The summed E-state index contributed by atoms with van der Waals surface area (Å²) in [5.41, 5.74) is 0.641. The highest BCUT2D eigenvalue weighted by Crippen LogP contribution is 2.27. The van der Waals surface area contributed by atoms with E-state index in [1.165, 1.54) is 6.08 Å². The summed E-state index contributed by atoms with van der Waals surface area (Å²) in [5.74, 6) is -2.19. The van der Waals surface area contributed by atoms with E-state index in [1.54, 1.807) is 60.7 Å². The van der Waals surface area contributed by atoms with Crippen molar-refractivity contribution in [3.63, 3.8) is 0 Å². The Labute approximate surface area is 197 Å². The fraction of sp³-hybridized carbons (Fsp3) is 0.346. The molecule has 1 aliphatic carbocycles. The molecule has 0 spiro atoms. The zero-order valence-corrected chi connectivity index (χ0v) is 18.5. The van der Waals surface area contributed by atoms with Crippen LogP contribution in [0.25, 0.3) is 0 Å². The van der Waals surface area contributed by atoms with Gasteiger partial charge in [-0.2, -0.15) is 0 Å². The SMILES string of the molecule is O=C(OC[C@@H]1C=C(OC(=O)c2ccccc2)C(=O)[C@H](O[C@H]2CCCC[C@@H]2O)O1)c1ccccc1. The molecule has 1 N–H and O–H groups in total. The molecule has 0 saturated heterocycles. The van der Waals surface area contributed by atoms with Gasteiger partial charge in [-0.25, -0.2) is 9.59 Å². The quantitative estimate of drug-likeness (QED) is 0.620. The molecule has 1 heterocycles. The minimum absolute atomic E-state index is 0.222. The number of hydrogen-bond acceptors (Lipinski definition) is 8. The fourth-order valence-corrected chi connectivity index (χ4v) is 3.84. The largest absolute Gasteiger partial charge is 0.459 e. The van der Waals surface area contributed by atoms with Crippen LogP contribution in [-0.4, -0.2) is 54.0 Å². The maximum absolute atomic E-state index is 13.0. The third-order valence-electron chi connectivity index (χ3n) is 5.66. The number of carbonyl (C=O) groups excluding carboxylic acids is 3. The molecule has 0 amide bonds. The summed E-state index contributed by atoms with van der Waals surface area (Å²) in [6.07, 6.45) is 0.570. The third-order valence-corrected chi connectivity index (χ3v) is 5.66. The number of rotatable bonds is 7. The molecule has 34 heavy (non-hydrogen) atoms. The molecule has 4 rings (SSSR count). The van der Waals surface area contributed by atoms with Crippen molar-refractivity contribution in [2.24, 2.45) is 0 Å². The Morgan fingerprint density at radius 3 is 2.18 bits per heavy atom. The minimum atomic E-state index is -1.40. The lowest BCUT2D eigenvalue weighted by Gasteiger charge is -2.33. The van der Waals surface area contributed by atoms with Crippen molar-refractivity contribution in [1.82, 2.24) is 0 Å². The number of esters is 2. The van der Waals surface area contributed by atoms with Gasteiger partial charge in [-0.05, 0) is 43.2 Å². The van der Waals surface area contributed by atoms with Crippen LogP contribution in [0.1, 0.15) is 46.4 Å². The van der Waals surface area contributed by atoms with E-state index in [0.29, 0.717) is 18.4 Å². The Kier molecular flexibility index (Phi) is 7.84. The molecule has 4 atom stereocenters. The van der Waals surface area contributed by atoms with Gasteiger partial charge in [-0.15, -0.1) is 0 Å². The van der Waals surface area contributed by atoms with Crippen molar-refractivity contribution in [2.45, 2.75) is 50.3 Å².